The Labute approximate surface area is 172 Å². The lowest BCUT2D eigenvalue weighted by molar-refractivity contribution is 0.412. The van der Waals surface area contributed by atoms with Crippen molar-refractivity contribution in [1.82, 2.24) is 14.7 Å². The summed E-state index contributed by atoms with van der Waals surface area (Å²) in [7, 11) is 0. The minimum Gasteiger partial charge on any atom is -0.593 e. The van der Waals surface area contributed by atoms with Crippen LogP contribution in [0.2, 0.25) is 0 Å². The van der Waals surface area contributed by atoms with Gasteiger partial charge in [0.1, 0.15) is 11.6 Å². The Bertz CT molecular complexity index is 977. The van der Waals surface area contributed by atoms with Crippen LogP contribution in [0.3, 0.4) is 0 Å². The van der Waals surface area contributed by atoms with E-state index in [-0.39, 0.29) is 11.9 Å². The van der Waals surface area contributed by atoms with Crippen LogP contribution in [0.1, 0.15) is 32.1 Å². The molecule has 1 heterocycles. The molecule has 5 nitrogen and oxygen atoms in total. The van der Waals surface area contributed by atoms with Crippen molar-refractivity contribution >= 4 is 17.2 Å². The second-order valence-electron chi connectivity index (χ2n) is 7.24. The topological polar surface area (TPSA) is 86.9 Å². The van der Waals surface area contributed by atoms with Crippen molar-refractivity contribution in [2.75, 3.05) is 5.73 Å². The van der Waals surface area contributed by atoms with Crippen LogP contribution >= 0.6 is 0 Å². The molecular formula is C22H23FN4OS. The van der Waals surface area contributed by atoms with Crippen LogP contribution in [0.4, 0.5) is 10.2 Å². The fraction of sp³-hybridized carbons (Fsp3) is 0.273. The van der Waals surface area contributed by atoms with Crippen molar-refractivity contribution in [3.63, 3.8) is 0 Å². The molecule has 1 unspecified atom stereocenters. The molecule has 1 aliphatic rings. The molecule has 150 valence electrons. The lowest BCUT2D eigenvalue weighted by Gasteiger charge is -2.24. The van der Waals surface area contributed by atoms with Crippen LogP contribution in [-0.4, -0.2) is 20.6 Å². The zero-order valence-electron chi connectivity index (χ0n) is 16.0. The van der Waals surface area contributed by atoms with Gasteiger partial charge >= 0.3 is 0 Å². The number of benzene rings is 2. The molecular weight excluding hydrogens is 387 g/mol. The van der Waals surface area contributed by atoms with Gasteiger partial charge in [-0.1, -0.05) is 37.5 Å². The normalized spacial score (nSPS) is 15.9. The number of hydrogen-bond acceptors (Lipinski definition) is 5. The van der Waals surface area contributed by atoms with Gasteiger partial charge in [0.05, 0.1) is 35.5 Å². The number of anilines is 1. The fourth-order valence-corrected chi connectivity index (χ4v) is 4.92. The predicted octanol–water partition coefficient (Wildman–Crippen LogP) is 4.48. The molecule has 0 spiro atoms. The third-order valence-electron chi connectivity index (χ3n) is 5.19. The predicted molar refractivity (Wildman–Crippen MR) is 114 cm³/mol. The van der Waals surface area contributed by atoms with E-state index in [0.717, 1.165) is 31.2 Å². The van der Waals surface area contributed by atoms with Gasteiger partial charge in [0.25, 0.3) is 0 Å². The molecule has 3 aromatic rings. The van der Waals surface area contributed by atoms with E-state index in [1.807, 2.05) is 30.3 Å². The maximum atomic E-state index is 14.8. The van der Waals surface area contributed by atoms with Crippen LogP contribution in [0.5, 0.6) is 0 Å². The van der Waals surface area contributed by atoms with Crippen LogP contribution in [0.15, 0.2) is 59.8 Å². The lowest BCUT2D eigenvalue weighted by atomic mass is 9.96. The quantitative estimate of drug-likeness (QED) is 0.606. The summed E-state index contributed by atoms with van der Waals surface area (Å²) in [6.45, 7) is 0. The van der Waals surface area contributed by atoms with Gasteiger partial charge in [-0.15, -0.1) is 4.72 Å². The molecule has 0 aliphatic heterocycles. The summed E-state index contributed by atoms with van der Waals surface area (Å²) < 4.78 is 31.1. The van der Waals surface area contributed by atoms with Gasteiger partial charge in [-0.2, -0.15) is 0 Å². The number of hydrogen-bond donors (Lipinski definition) is 2. The summed E-state index contributed by atoms with van der Waals surface area (Å²) >= 11 is -1.35. The van der Waals surface area contributed by atoms with Crippen molar-refractivity contribution in [3.8, 4) is 22.4 Å². The molecule has 7 heteroatoms. The molecule has 3 N–H and O–H groups in total. The number of nitrogens with one attached hydrogen (secondary N) is 1. The van der Waals surface area contributed by atoms with E-state index in [4.69, 9.17) is 5.73 Å². The highest BCUT2D eigenvalue weighted by Gasteiger charge is 2.24. The van der Waals surface area contributed by atoms with Crippen molar-refractivity contribution in [1.29, 1.82) is 0 Å². The van der Waals surface area contributed by atoms with Gasteiger partial charge in [-0.25, -0.2) is 9.37 Å². The largest absolute Gasteiger partial charge is 0.593 e. The van der Waals surface area contributed by atoms with Crippen molar-refractivity contribution in [3.05, 3.63) is 60.7 Å². The molecule has 1 fully saturated rings. The Hall–Kier alpha value is -2.48. The zero-order valence-corrected chi connectivity index (χ0v) is 16.8. The lowest BCUT2D eigenvalue weighted by Crippen LogP contribution is -2.36. The van der Waals surface area contributed by atoms with Crippen LogP contribution in [-0.2, 0) is 11.4 Å². The van der Waals surface area contributed by atoms with E-state index in [1.165, 1.54) is 24.9 Å². The first-order chi connectivity index (χ1) is 14.1. The van der Waals surface area contributed by atoms with Crippen molar-refractivity contribution in [2.45, 2.75) is 43.0 Å². The second-order valence-corrected chi connectivity index (χ2v) is 8.45. The van der Waals surface area contributed by atoms with E-state index in [2.05, 4.69) is 14.7 Å². The molecule has 0 saturated heterocycles. The first kappa shape index (κ1) is 19.8. The smallest absolute Gasteiger partial charge is 0.181 e. The summed E-state index contributed by atoms with van der Waals surface area (Å²) in [4.78, 5) is 8.77. The van der Waals surface area contributed by atoms with E-state index >= 15 is 0 Å². The van der Waals surface area contributed by atoms with E-state index < -0.39 is 17.2 Å². The van der Waals surface area contributed by atoms with Gasteiger partial charge in [0.2, 0.25) is 0 Å². The summed E-state index contributed by atoms with van der Waals surface area (Å²) in [5, 5.41) is 0. The summed E-state index contributed by atoms with van der Waals surface area (Å²) in [5.74, 6) is -0.130. The number of nitrogens with two attached hydrogens (primary N) is 1. The zero-order chi connectivity index (χ0) is 20.2. The number of nitrogens with zero attached hydrogens (tertiary/aromatic N) is 2. The third kappa shape index (κ3) is 4.58. The molecule has 1 saturated carbocycles. The number of nitrogen functional groups attached to an aromatic ring is 1. The van der Waals surface area contributed by atoms with Crippen LogP contribution in [0.25, 0.3) is 22.4 Å². The first-order valence-electron chi connectivity index (χ1n) is 9.76. The highest BCUT2D eigenvalue weighted by atomic mass is 32.2. The minimum absolute atomic E-state index is 0.265. The van der Waals surface area contributed by atoms with E-state index in [1.54, 1.807) is 6.07 Å². The van der Waals surface area contributed by atoms with Gasteiger partial charge in [-0.3, -0.25) is 4.98 Å². The van der Waals surface area contributed by atoms with Crippen molar-refractivity contribution < 1.29 is 8.94 Å². The molecule has 1 aliphatic carbocycles. The highest BCUT2D eigenvalue weighted by molar-refractivity contribution is 7.89. The fourth-order valence-electron chi connectivity index (χ4n) is 3.67. The van der Waals surface area contributed by atoms with Crippen LogP contribution < -0.4 is 10.5 Å². The maximum absolute atomic E-state index is 14.8. The molecule has 4 rings (SSSR count). The standard InChI is InChI=1S/C22H23FN4OS/c23-19-12-15(10-11-18(19)20-13-26-22(24)14-25-20)17-8-4-5-9-21(17)29(28)27-16-6-2-1-3-7-16/h4-5,8-14,16,27H,1-3,6-7H2,(H2,24,26). The van der Waals surface area contributed by atoms with E-state index in [9.17, 15) is 8.94 Å². The first-order valence-corrected chi connectivity index (χ1v) is 10.9. The molecule has 1 aromatic heterocycles. The Morgan fingerprint density at radius 2 is 1.79 bits per heavy atom. The monoisotopic (exact) mass is 410 g/mol. The molecule has 0 amide bonds. The van der Waals surface area contributed by atoms with Gasteiger partial charge in [-0.05, 0) is 42.7 Å². The Morgan fingerprint density at radius 3 is 2.52 bits per heavy atom. The summed E-state index contributed by atoms with van der Waals surface area (Å²) in [5.41, 5.74) is 7.74. The van der Waals surface area contributed by atoms with Crippen molar-refractivity contribution in [2.24, 2.45) is 0 Å². The molecule has 1 atom stereocenters. The van der Waals surface area contributed by atoms with Crippen LogP contribution in [0, 0.1) is 5.82 Å². The Balaban J connectivity index is 1.61. The Kier molecular flexibility index (Phi) is 6.08. The molecule has 2 aromatic carbocycles. The molecule has 29 heavy (non-hydrogen) atoms. The highest BCUT2D eigenvalue weighted by Crippen LogP contribution is 2.31. The SMILES string of the molecule is Nc1cnc(-c2ccc(-c3ccccc3[S+]([O-])NC3CCCCC3)cc2F)cn1. The second kappa shape index (κ2) is 8.90. The van der Waals surface area contributed by atoms with Gasteiger partial charge in [0.15, 0.2) is 4.90 Å². The molecule has 0 bridgehead atoms. The van der Waals surface area contributed by atoms with E-state index in [0.29, 0.717) is 21.7 Å². The van der Waals surface area contributed by atoms with Gasteiger partial charge in [0, 0.05) is 11.1 Å². The maximum Gasteiger partial charge on any atom is 0.181 e. The number of aromatic nitrogens is 2. The number of halogens is 1. The minimum atomic E-state index is -1.35. The average molecular weight is 411 g/mol. The molecule has 0 radical (unpaired) electrons. The third-order valence-corrected chi connectivity index (χ3v) is 6.50. The Morgan fingerprint density at radius 1 is 1.00 bits per heavy atom. The summed E-state index contributed by atoms with van der Waals surface area (Å²) in [6, 6.07) is 12.6. The summed E-state index contributed by atoms with van der Waals surface area (Å²) in [6.07, 6.45) is 8.50. The van der Waals surface area contributed by atoms with Gasteiger partial charge < -0.3 is 10.3 Å². The average Bonchev–Trinajstić information content (AvgIpc) is 2.75. The number of rotatable bonds is 5.